The molecule has 0 aliphatic heterocycles. The first-order valence-corrected chi connectivity index (χ1v) is 7.61. The Morgan fingerprint density at radius 3 is 2.87 bits per heavy atom. The predicted octanol–water partition coefficient (Wildman–Crippen LogP) is 3.81. The monoisotopic (exact) mass is 306 g/mol. The topological polar surface area (TPSA) is 51.2 Å². The van der Waals surface area contributed by atoms with E-state index in [1.807, 2.05) is 54.6 Å². The van der Waals surface area contributed by atoms with Crippen LogP contribution in [-0.4, -0.2) is 17.5 Å². The van der Waals surface area contributed by atoms with Crippen LogP contribution in [0.3, 0.4) is 0 Å². The summed E-state index contributed by atoms with van der Waals surface area (Å²) in [4.78, 5) is 16.3. The van der Waals surface area contributed by atoms with E-state index >= 15 is 0 Å². The van der Waals surface area contributed by atoms with Crippen LogP contribution in [0.5, 0.6) is 5.75 Å². The number of nitrogens with one attached hydrogen (secondary N) is 1. The van der Waals surface area contributed by atoms with Gasteiger partial charge in [-0.1, -0.05) is 31.2 Å². The molecule has 1 N–H and O–H groups in total. The number of rotatable bonds is 5. The molecule has 3 aromatic rings. The molecule has 2 aromatic carbocycles. The molecule has 0 aliphatic carbocycles. The number of carbonyl (C=O) groups is 1. The molecule has 0 unspecified atom stereocenters. The lowest BCUT2D eigenvalue weighted by Crippen LogP contribution is -2.20. The summed E-state index contributed by atoms with van der Waals surface area (Å²) in [5.41, 5.74) is 2.85. The molecule has 0 fully saturated rings. The second-order valence-corrected chi connectivity index (χ2v) is 5.21. The predicted molar refractivity (Wildman–Crippen MR) is 91.7 cm³/mol. The van der Waals surface area contributed by atoms with Crippen molar-refractivity contribution in [2.24, 2.45) is 0 Å². The van der Waals surface area contributed by atoms with Crippen LogP contribution in [0.4, 0.5) is 5.69 Å². The van der Waals surface area contributed by atoms with Gasteiger partial charge in [-0.25, -0.2) is 0 Å². The van der Waals surface area contributed by atoms with Gasteiger partial charge < -0.3 is 10.1 Å². The standard InChI is InChI=1S/C19H18N2O2/c1-2-14-6-3-4-8-18(14)21-19(22)13-23-16-9-10-17-15(12-16)7-5-11-20-17/h3-12H,2,13H2,1H3,(H,21,22). The van der Waals surface area contributed by atoms with Crippen LogP contribution in [0.15, 0.2) is 60.8 Å². The van der Waals surface area contributed by atoms with Crippen molar-refractivity contribution in [3.63, 3.8) is 0 Å². The van der Waals surface area contributed by atoms with Crippen molar-refractivity contribution in [1.29, 1.82) is 0 Å². The summed E-state index contributed by atoms with van der Waals surface area (Å²) in [5.74, 6) is 0.488. The number of carbonyl (C=O) groups excluding carboxylic acids is 1. The van der Waals surface area contributed by atoms with Crippen LogP contribution in [-0.2, 0) is 11.2 Å². The van der Waals surface area contributed by atoms with Gasteiger partial charge in [0.1, 0.15) is 5.75 Å². The minimum atomic E-state index is -0.169. The fraction of sp³-hybridized carbons (Fsp3) is 0.158. The van der Waals surface area contributed by atoms with Gasteiger partial charge in [0.15, 0.2) is 6.61 Å². The average Bonchev–Trinajstić information content (AvgIpc) is 2.60. The molecule has 1 heterocycles. The zero-order valence-electron chi connectivity index (χ0n) is 13.0. The summed E-state index contributed by atoms with van der Waals surface area (Å²) in [6.07, 6.45) is 2.62. The van der Waals surface area contributed by atoms with Crippen LogP contribution >= 0.6 is 0 Å². The van der Waals surface area contributed by atoms with Crippen molar-refractivity contribution in [3.8, 4) is 5.75 Å². The Labute approximate surface area is 135 Å². The van der Waals surface area contributed by atoms with Crippen LogP contribution in [0.25, 0.3) is 10.9 Å². The van der Waals surface area contributed by atoms with E-state index in [1.54, 1.807) is 6.20 Å². The molecular weight excluding hydrogens is 288 g/mol. The molecule has 0 spiro atoms. The highest BCUT2D eigenvalue weighted by Crippen LogP contribution is 2.19. The van der Waals surface area contributed by atoms with Gasteiger partial charge in [0.2, 0.25) is 0 Å². The number of aryl methyl sites for hydroxylation is 1. The summed E-state index contributed by atoms with van der Waals surface area (Å²) in [6, 6.07) is 17.2. The molecule has 3 rings (SSSR count). The number of fused-ring (bicyclic) bond motifs is 1. The minimum Gasteiger partial charge on any atom is -0.484 e. The first-order valence-electron chi connectivity index (χ1n) is 7.61. The summed E-state index contributed by atoms with van der Waals surface area (Å²) in [5, 5.41) is 3.88. The molecule has 23 heavy (non-hydrogen) atoms. The normalized spacial score (nSPS) is 10.5. The third-order valence-corrected chi connectivity index (χ3v) is 3.62. The second-order valence-electron chi connectivity index (χ2n) is 5.21. The molecule has 4 heteroatoms. The molecular formula is C19H18N2O2. The molecule has 0 aliphatic rings. The van der Waals surface area contributed by atoms with E-state index in [-0.39, 0.29) is 12.5 Å². The van der Waals surface area contributed by atoms with Gasteiger partial charge in [-0.15, -0.1) is 0 Å². The maximum absolute atomic E-state index is 12.1. The molecule has 116 valence electrons. The smallest absolute Gasteiger partial charge is 0.262 e. The number of benzene rings is 2. The number of para-hydroxylation sites is 1. The molecule has 0 saturated heterocycles. The Morgan fingerprint density at radius 1 is 1.13 bits per heavy atom. The first-order chi connectivity index (χ1) is 11.3. The van der Waals surface area contributed by atoms with Gasteiger partial charge in [0, 0.05) is 17.3 Å². The van der Waals surface area contributed by atoms with Crippen molar-refractivity contribution in [3.05, 3.63) is 66.4 Å². The number of aromatic nitrogens is 1. The summed E-state index contributed by atoms with van der Waals surface area (Å²) < 4.78 is 5.58. The van der Waals surface area contributed by atoms with E-state index < -0.39 is 0 Å². The zero-order chi connectivity index (χ0) is 16.1. The van der Waals surface area contributed by atoms with Crippen molar-refractivity contribution in [2.45, 2.75) is 13.3 Å². The number of nitrogens with zero attached hydrogens (tertiary/aromatic N) is 1. The largest absolute Gasteiger partial charge is 0.484 e. The van der Waals surface area contributed by atoms with Crippen LogP contribution in [0.1, 0.15) is 12.5 Å². The third-order valence-electron chi connectivity index (χ3n) is 3.62. The Hall–Kier alpha value is -2.88. The van der Waals surface area contributed by atoms with E-state index in [4.69, 9.17) is 4.74 Å². The van der Waals surface area contributed by atoms with E-state index in [1.165, 1.54) is 0 Å². The zero-order valence-corrected chi connectivity index (χ0v) is 13.0. The molecule has 1 amide bonds. The fourth-order valence-electron chi connectivity index (χ4n) is 2.43. The SMILES string of the molecule is CCc1ccccc1NC(=O)COc1ccc2ncccc2c1. The fourth-order valence-corrected chi connectivity index (χ4v) is 2.43. The van der Waals surface area contributed by atoms with Gasteiger partial charge in [-0.05, 0) is 42.3 Å². The van der Waals surface area contributed by atoms with Crippen molar-refractivity contribution in [2.75, 3.05) is 11.9 Å². The highest BCUT2D eigenvalue weighted by molar-refractivity contribution is 5.92. The number of hydrogen-bond acceptors (Lipinski definition) is 3. The number of amides is 1. The summed E-state index contributed by atoms with van der Waals surface area (Å²) >= 11 is 0. The van der Waals surface area contributed by atoms with Crippen LogP contribution < -0.4 is 10.1 Å². The molecule has 0 bridgehead atoms. The average molecular weight is 306 g/mol. The lowest BCUT2D eigenvalue weighted by molar-refractivity contribution is -0.118. The minimum absolute atomic E-state index is 0.0240. The van der Waals surface area contributed by atoms with E-state index in [0.29, 0.717) is 5.75 Å². The van der Waals surface area contributed by atoms with Crippen molar-refractivity contribution < 1.29 is 9.53 Å². The summed E-state index contributed by atoms with van der Waals surface area (Å²) in [7, 11) is 0. The maximum atomic E-state index is 12.1. The first kappa shape index (κ1) is 15.0. The summed E-state index contributed by atoms with van der Waals surface area (Å²) in [6.45, 7) is 2.04. The molecule has 4 nitrogen and oxygen atoms in total. The van der Waals surface area contributed by atoms with Gasteiger partial charge in [-0.3, -0.25) is 9.78 Å². The quantitative estimate of drug-likeness (QED) is 0.779. The number of ether oxygens (including phenoxy) is 1. The van der Waals surface area contributed by atoms with Crippen LogP contribution in [0, 0.1) is 0 Å². The number of anilines is 1. The van der Waals surface area contributed by atoms with Gasteiger partial charge >= 0.3 is 0 Å². The second kappa shape index (κ2) is 6.92. The third kappa shape index (κ3) is 3.66. The Bertz CT molecular complexity index is 830. The van der Waals surface area contributed by atoms with E-state index in [2.05, 4.69) is 17.2 Å². The van der Waals surface area contributed by atoms with Gasteiger partial charge in [-0.2, -0.15) is 0 Å². The Balaban J connectivity index is 1.63. The Morgan fingerprint density at radius 2 is 2.00 bits per heavy atom. The van der Waals surface area contributed by atoms with Gasteiger partial charge in [0.05, 0.1) is 5.52 Å². The lowest BCUT2D eigenvalue weighted by Gasteiger charge is -2.11. The molecule has 0 radical (unpaired) electrons. The van der Waals surface area contributed by atoms with Crippen molar-refractivity contribution >= 4 is 22.5 Å². The number of hydrogen-bond donors (Lipinski definition) is 1. The highest BCUT2D eigenvalue weighted by atomic mass is 16.5. The number of pyridine rings is 1. The molecule has 1 aromatic heterocycles. The lowest BCUT2D eigenvalue weighted by atomic mass is 10.1. The maximum Gasteiger partial charge on any atom is 0.262 e. The van der Waals surface area contributed by atoms with Crippen molar-refractivity contribution in [1.82, 2.24) is 4.98 Å². The molecule has 0 atom stereocenters. The van der Waals surface area contributed by atoms with Gasteiger partial charge in [0.25, 0.3) is 5.91 Å². The Kier molecular flexibility index (Phi) is 4.52. The highest BCUT2D eigenvalue weighted by Gasteiger charge is 2.07. The van der Waals surface area contributed by atoms with Crippen LogP contribution in [0.2, 0.25) is 0 Å². The molecule has 0 saturated carbocycles. The van der Waals surface area contributed by atoms with E-state index in [9.17, 15) is 4.79 Å². The van der Waals surface area contributed by atoms with E-state index in [0.717, 1.165) is 28.6 Å².